The second-order valence-electron chi connectivity index (χ2n) is 10.5. The van der Waals surface area contributed by atoms with Gasteiger partial charge in [0.15, 0.2) is 0 Å². The molecule has 3 aromatic carbocycles. The molecule has 0 radical (unpaired) electrons. The van der Waals surface area contributed by atoms with Gasteiger partial charge < -0.3 is 14.1 Å². The quantitative estimate of drug-likeness (QED) is 0.188. The SMILES string of the molecule is CC(NCc1c(-c2ccccc2)ccc2cncn12)c1ccc(C#N)cc1.ClCc1c(-c2ccccc2)ccc2cncn12. The first kappa shape index (κ1) is 28.9. The van der Waals surface area contributed by atoms with E-state index in [1.807, 2.05) is 71.7 Å². The Balaban J connectivity index is 0.000000173. The highest BCUT2D eigenvalue weighted by atomic mass is 35.5. The minimum atomic E-state index is 0.167. The number of nitriles is 1. The third kappa shape index (κ3) is 6.11. The average Bonchev–Trinajstić information content (AvgIpc) is 3.78. The zero-order valence-electron chi connectivity index (χ0n) is 24.3. The molecular formula is C37H31ClN6. The lowest BCUT2D eigenvalue weighted by molar-refractivity contribution is 0.565. The summed E-state index contributed by atoms with van der Waals surface area (Å²) in [5.41, 5.74) is 11.0. The van der Waals surface area contributed by atoms with Crippen LogP contribution in [0.15, 0.2) is 134 Å². The topological polar surface area (TPSA) is 70.4 Å². The van der Waals surface area contributed by atoms with Gasteiger partial charge in [-0.05, 0) is 47.9 Å². The average molecular weight is 595 g/mol. The Morgan fingerprint density at radius 2 is 1.23 bits per heavy atom. The Kier molecular flexibility index (Phi) is 8.79. The van der Waals surface area contributed by atoms with Gasteiger partial charge in [-0.15, -0.1) is 11.6 Å². The first-order valence-corrected chi connectivity index (χ1v) is 15.0. The van der Waals surface area contributed by atoms with Crippen molar-refractivity contribution in [3.63, 3.8) is 0 Å². The van der Waals surface area contributed by atoms with E-state index in [-0.39, 0.29) is 6.04 Å². The molecule has 1 N–H and O–H groups in total. The predicted molar refractivity (Wildman–Crippen MR) is 177 cm³/mol. The van der Waals surface area contributed by atoms with Crippen molar-refractivity contribution in [3.05, 3.63) is 157 Å². The maximum absolute atomic E-state index is 8.96. The van der Waals surface area contributed by atoms with Crippen LogP contribution in [0.25, 0.3) is 33.3 Å². The van der Waals surface area contributed by atoms with Crippen LogP contribution >= 0.6 is 11.6 Å². The van der Waals surface area contributed by atoms with Crippen LogP contribution in [0.1, 0.15) is 35.5 Å². The summed E-state index contributed by atoms with van der Waals surface area (Å²) in [5, 5.41) is 12.6. The Morgan fingerprint density at radius 3 is 1.75 bits per heavy atom. The number of imidazole rings is 2. The van der Waals surface area contributed by atoms with Gasteiger partial charge in [0, 0.05) is 35.1 Å². The smallest absolute Gasteiger partial charge is 0.0994 e. The van der Waals surface area contributed by atoms with Crippen LogP contribution in [0.2, 0.25) is 0 Å². The minimum absolute atomic E-state index is 0.167. The molecule has 0 aliphatic carbocycles. The van der Waals surface area contributed by atoms with E-state index < -0.39 is 0 Å². The number of benzene rings is 3. The largest absolute Gasteiger partial charge is 0.305 e. The molecular weight excluding hydrogens is 564 g/mol. The molecule has 0 bridgehead atoms. The normalized spacial score (nSPS) is 11.6. The molecule has 7 heteroatoms. The molecule has 216 valence electrons. The van der Waals surface area contributed by atoms with E-state index in [0.29, 0.717) is 18.0 Å². The number of hydrogen-bond donors (Lipinski definition) is 1. The van der Waals surface area contributed by atoms with Gasteiger partial charge in [0.25, 0.3) is 0 Å². The summed E-state index contributed by atoms with van der Waals surface area (Å²) < 4.78 is 4.18. The summed E-state index contributed by atoms with van der Waals surface area (Å²) in [6.07, 6.45) is 7.39. The van der Waals surface area contributed by atoms with Crippen LogP contribution in [-0.4, -0.2) is 18.8 Å². The second kappa shape index (κ2) is 13.4. The summed E-state index contributed by atoms with van der Waals surface area (Å²) in [4.78, 5) is 8.45. The van der Waals surface area contributed by atoms with Crippen LogP contribution in [0, 0.1) is 11.3 Å². The molecule has 0 spiro atoms. The van der Waals surface area contributed by atoms with Gasteiger partial charge in [-0.3, -0.25) is 0 Å². The lowest BCUT2D eigenvalue weighted by Gasteiger charge is -2.18. The molecule has 4 heterocycles. The number of halogens is 1. The number of pyridine rings is 2. The third-order valence-corrected chi connectivity index (χ3v) is 8.04. The summed E-state index contributed by atoms with van der Waals surface area (Å²) >= 11 is 6.07. The maximum atomic E-state index is 8.96. The standard InChI is InChI=1S/C23H20N4.C14H11ClN2/c1-17(19-9-7-18(13-24)8-10-19)26-15-23-22(20-5-3-2-4-6-20)12-11-21-14-25-16-27(21)23;15-8-14-13(11-4-2-1-3-5-11)7-6-12-9-16-10-17(12)14/h2-12,14,16-17,26H,15H2,1H3;1-7,9-10H,8H2. The van der Waals surface area contributed by atoms with Crippen molar-refractivity contribution in [1.82, 2.24) is 24.1 Å². The van der Waals surface area contributed by atoms with Crippen LogP contribution in [0.5, 0.6) is 0 Å². The van der Waals surface area contributed by atoms with Gasteiger partial charge in [0.2, 0.25) is 0 Å². The first-order valence-electron chi connectivity index (χ1n) is 14.4. The molecule has 1 unspecified atom stereocenters. The van der Waals surface area contributed by atoms with E-state index in [1.165, 1.54) is 22.4 Å². The fraction of sp³-hybridized carbons (Fsp3) is 0.108. The van der Waals surface area contributed by atoms with Crippen molar-refractivity contribution in [2.24, 2.45) is 0 Å². The minimum Gasteiger partial charge on any atom is -0.305 e. The first-order chi connectivity index (χ1) is 21.7. The molecule has 7 rings (SSSR count). The molecule has 0 aliphatic heterocycles. The Labute approximate surface area is 261 Å². The van der Waals surface area contributed by atoms with Crippen molar-refractivity contribution in [2.75, 3.05) is 0 Å². The molecule has 0 fully saturated rings. The molecule has 0 saturated heterocycles. The number of hydrogen-bond acceptors (Lipinski definition) is 4. The van der Waals surface area contributed by atoms with E-state index in [2.05, 4.69) is 93.3 Å². The summed E-state index contributed by atoms with van der Waals surface area (Å²) in [5.74, 6) is 0.470. The number of rotatable bonds is 7. The van der Waals surface area contributed by atoms with Crippen molar-refractivity contribution in [2.45, 2.75) is 25.4 Å². The molecule has 44 heavy (non-hydrogen) atoms. The highest BCUT2D eigenvalue weighted by Crippen LogP contribution is 2.27. The van der Waals surface area contributed by atoms with Gasteiger partial charge in [0.05, 0.1) is 53.6 Å². The van der Waals surface area contributed by atoms with Crippen LogP contribution in [-0.2, 0) is 12.4 Å². The van der Waals surface area contributed by atoms with Crippen molar-refractivity contribution in [3.8, 4) is 28.3 Å². The lowest BCUT2D eigenvalue weighted by atomic mass is 10.0. The number of nitrogens with zero attached hydrogens (tertiary/aromatic N) is 5. The van der Waals surface area contributed by atoms with Crippen LogP contribution in [0.3, 0.4) is 0 Å². The zero-order chi connectivity index (χ0) is 30.3. The van der Waals surface area contributed by atoms with Crippen molar-refractivity contribution < 1.29 is 0 Å². The van der Waals surface area contributed by atoms with Gasteiger partial charge >= 0.3 is 0 Å². The summed E-state index contributed by atoms with van der Waals surface area (Å²) in [6, 6.07) is 39.2. The van der Waals surface area contributed by atoms with E-state index in [4.69, 9.17) is 16.9 Å². The van der Waals surface area contributed by atoms with E-state index in [9.17, 15) is 0 Å². The van der Waals surface area contributed by atoms with Crippen molar-refractivity contribution in [1.29, 1.82) is 5.26 Å². The molecule has 1 atom stereocenters. The maximum Gasteiger partial charge on any atom is 0.0994 e. The second-order valence-corrected chi connectivity index (χ2v) is 10.7. The zero-order valence-corrected chi connectivity index (χ0v) is 25.1. The van der Waals surface area contributed by atoms with E-state index >= 15 is 0 Å². The Hall–Kier alpha value is -5.22. The van der Waals surface area contributed by atoms with E-state index in [0.717, 1.165) is 27.9 Å². The molecule has 4 aromatic heterocycles. The van der Waals surface area contributed by atoms with Gasteiger partial charge in [-0.2, -0.15) is 5.26 Å². The Morgan fingerprint density at radius 1 is 0.705 bits per heavy atom. The molecule has 0 saturated carbocycles. The van der Waals surface area contributed by atoms with Crippen molar-refractivity contribution >= 4 is 22.6 Å². The number of aromatic nitrogens is 4. The number of nitrogens with one attached hydrogen (secondary N) is 1. The Bertz CT molecular complexity index is 2020. The van der Waals surface area contributed by atoms with Gasteiger partial charge in [-0.25, -0.2) is 9.97 Å². The highest BCUT2D eigenvalue weighted by Gasteiger charge is 2.12. The number of fused-ring (bicyclic) bond motifs is 2. The summed E-state index contributed by atoms with van der Waals surface area (Å²) in [6.45, 7) is 2.84. The van der Waals surface area contributed by atoms with Crippen LogP contribution in [0.4, 0.5) is 0 Å². The fourth-order valence-electron chi connectivity index (χ4n) is 5.39. The summed E-state index contributed by atoms with van der Waals surface area (Å²) in [7, 11) is 0. The monoisotopic (exact) mass is 594 g/mol. The molecule has 7 aromatic rings. The molecule has 0 amide bonds. The van der Waals surface area contributed by atoms with Crippen LogP contribution < -0.4 is 5.32 Å². The highest BCUT2D eigenvalue weighted by molar-refractivity contribution is 6.17. The third-order valence-electron chi connectivity index (χ3n) is 7.79. The molecule has 0 aliphatic rings. The van der Waals surface area contributed by atoms with Gasteiger partial charge in [-0.1, -0.05) is 84.9 Å². The van der Waals surface area contributed by atoms with E-state index in [1.54, 1.807) is 6.33 Å². The molecule has 6 nitrogen and oxygen atoms in total. The number of alkyl halides is 1. The lowest BCUT2D eigenvalue weighted by Crippen LogP contribution is -2.20. The predicted octanol–water partition coefficient (Wildman–Crippen LogP) is 8.46. The fourth-order valence-corrected chi connectivity index (χ4v) is 5.66. The van der Waals surface area contributed by atoms with Gasteiger partial charge in [0.1, 0.15) is 0 Å².